The number of likely N-dealkylation sites (N-methyl/N-ethyl adjacent to an activating group) is 1. The first-order chi connectivity index (χ1) is 16.1. The standard InChI is InChI=1S/C27H38N4OS/c1-29-15-17-31(18-16-29)26-13-14-30(20-22-7-4-3-5-8-22)21-23(26)11-12-27(32)28-24-9-6-10-25(19-24)33-2/h3-10,19,23,26H,11-18,20-21H2,1-2H3,(H,28,32)/t23-,26+/m0/s1. The first-order valence-electron chi connectivity index (χ1n) is 12.2. The van der Waals surface area contributed by atoms with Gasteiger partial charge in [0.25, 0.3) is 0 Å². The van der Waals surface area contributed by atoms with Gasteiger partial charge in [0.05, 0.1) is 0 Å². The van der Waals surface area contributed by atoms with Gasteiger partial charge in [-0.25, -0.2) is 0 Å². The molecule has 2 heterocycles. The van der Waals surface area contributed by atoms with E-state index in [0.29, 0.717) is 18.4 Å². The van der Waals surface area contributed by atoms with Crippen LogP contribution in [0.2, 0.25) is 0 Å². The molecule has 0 spiro atoms. The number of nitrogens with zero attached hydrogens (tertiary/aromatic N) is 3. The summed E-state index contributed by atoms with van der Waals surface area (Å²) in [4.78, 5) is 21.7. The molecule has 0 saturated carbocycles. The SMILES string of the molecule is CSc1cccc(NC(=O)CC[C@H]2CN(Cc3ccccc3)CC[C@H]2N2CCN(C)CC2)c1. The van der Waals surface area contributed by atoms with Crippen molar-refractivity contribution >= 4 is 23.4 Å². The highest BCUT2D eigenvalue weighted by Crippen LogP contribution is 2.28. The van der Waals surface area contributed by atoms with Crippen molar-refractivity contribution in [2.75, 3.05) is 57.9 Å². The fraction of sp³-hybridized carbons (Fsp3) is 0.519. The Hall–Kier alpha value is -1.86. The summed E-state index contributed by atoms with van der Waals surface area (Å²) in [7, 11) is 2.22. The number of likely N-dealkylation sites (tertiary alicyclic amines) is 1. The average molecular weight is 467 g/mol. The minimum absolute atomic E-state index is 0.130. The summed E-state index contributed by atoms with van der Waals surface area (Å²) in [5.41, 5.74) is 2.28. The van der Waals surface area contributed by atoms with E-state index in [-0.39, 0.29) is 5.91 Å². The molecule has 6 heteroatoms. The highest BCUT2D eigenvalue weighted by molar-refractivity contribution is 7.98. The van der Waals surface area contributed by atoms with E-state index >= 15 is 0 Å². The lowest BCUT2D eigenvalue weighted by Gasteiger charge is -2.46. The molecule has 2 aliphatic heterocycles. The lowest BCUT2D eigenvalue weighted by Crippen LogP contribution is -2.56. The van der Waals surface area contributed by atoms with Crippen LogP contribution in [-0.2, 0) is 11.3 Å². The Labute approximate surface area is 203 Å². The van der Waals surface area contributed by atoms with Crippen molar-refractivity contribution in [1.29, 1.82) is 0 Å². The molecule has 2 saturated heterocycles. The number of anilines is 1. The number of hydrogen-bond acceptors (Lipinski definition) is 5. The van der Waals surface area contributed by atoms with Crippen molar-refractivity contribution in [1.82, 2.24) is 14.7 Å². The van der Waals surface area contributed by atoms with Gasteiger partial charge >= 0.3 is 0 Å². The lowest BCUT2D eigenvalue weighted by atomic mass is 9.86. The molecule has 1 N–H and O–H groups in total. The number of amides is 1. The molecule has 33 heavy (non-hydrogen) atoms. The fourth-order valence-electron chi connectivity index (χ4n) is 5.24. The lowest BCUT2D eigenvalue weighted by molar-refractivity contribution is -0.116. The van der Waals surface area contributed by atoms with E-state index in [0.717, 1.165) is 57.9 Å². The molecule has 2 atom stereocenters. The Balaban J connectivity index is 1.37. The van der Waals surface area contributed by atoms with Crippen LogP contribution in [0.15, 0.2) is 59.5 Å². The molecular weight excluding hydrogens is 428 g/mol. The Bertz CT molecular complexity index is 885. The molecule has 0 radical (unpaired) electrons. The van der Waals surface area contributed by atoms with Gasteiger partial charge in [-0.3, -0.25) is 14.6 Å². The quantitative estimate of drug-likeness (QED) is 0.589. The van der Waals surface area contributed by atoms with E-state index in [1.807, 2.05) is 12.1 Å². The maximum atomic E-state index is 12.8. The molecule has 2 aromatic rings. The second-order valence-electron chi connectivity index (χ2n) is 9.49. The minimum Gasteiger partial charge on any atom is -0.326 e. The third-order valence-corrected chi connectivity index (χ3v) is 7.85. The van der Waals surface area contributed by atoms with Crippen LogP contribution in [0, 0.1) is 5.92 Å². The maximum absolute atomic E-state index is 12.8. The Morgan fingerprint density at radius 2 is 1.82 bits per heavy atom. The normalized spacial score (nSPS) is 22.8. The van der Waals surface area contributed by atoms with Crippen LogP contribution in [0.5, 0.6) is 0 Å². The molecule has 0 bridgehead atoms. The molecular formula is C27H38N4OS. The van der Waals surface area contributed by atoms with Crippen molar-refractivity contribution < 1.29 is 4.79 Å². The van der Waals surface area contributed by atoms with E-state index in [4.69, 9.17) is 0 Å². The smallest absolute Gasteiger partial charge is 0.224 e. The van der Waals surface area contributed by atoms with Gasteiger partial charge in [-0.2, -0.15) is 0 Å². The number of piperidine rings is 1. The topological polar surface area (TPSA) is 38.8 Å². The predicted octanol–water partition coefficient (Wildman–Crippen LogP) is 4.27. The molecule has 0 aliphatic carbocycles. The van der Waals surface area contributed by atoms with E-state index in [2.05, 4.69) is 75.8 Å². The number of hydrogen-bond donors (Lipinski definition) is 1. The molecule has 0 aromatic heterocycles. The van der Waals surface area contributed by atoms with Crippen molar-refractivity contribution in [3.05, 3.63) is 60.2 Å². The molecule has 1 amide bonds. The van der Waals surface area contributed by atoms with Crippen LogP contribution in [0.3, 0.4) is 0 Å². The molecule has 5 nitrogen and oxygen atoms in total. The summed E-state index contributed by atoms with van der Waals surface area (Å²) >= 11 is 1.70. The second-order valence-corrected chi connectivity index (χ2v) is 10.4. The molecule has 4 rings (SSSR count). The van der Waals surface area contributed by atoms with E-state index < -0.39 is 0 Å². The Morgan fingerprint density at radius 1 is 1.03 bits per heavy atom. The van der Waals surface area contributed by atoms with Gasteiger partial charge in [0.2, 0.25) is 5.91 Å². The molecule has 178 valence electrons. The number of carbonyl (C=O) groups excluding carboxylic acids is 1. The number of thioether (sulfide) groups is 1. The first kappa shape index (κ1) is 24.3. The van der Waals surface area contributed by atoms with Gasteiger partial charge in [-0.1, -0.05) is 36.4 Å². The van der Waals surface area contributed by atoms with Crippen molar-refractivity contribution in [2.24, 2.45) is 5.92 Å². The number of nitrogens with one attached hydrogen (secondary N) is 1. The van der Waals surface area contributed by atoms with Crippen molar-refractivity contribution in [3.8, 4) is 0 Å². The molecule has 2 aliphatic rings. The van der Waals surface area contributed by atoms with Crippen LogP contribution < -0.4 is 5.32 Å². The highest BCUT2D eigenvalue weighted by atomic mass is 32.2. The third kappa shape index (κ3) is 7.06. The fourth-order valence-corrected chi connectivity index (χ4v) is 5.70. The van der Waals surface area contributed by atoms with Crippen LogP contribution >= 0.6 is 11.8 Å². The van der Waals surface area contributed by atoms with Crippen LogP contribution in [0.4, 0.5) is 5.69 Å². The Morgan fingerprint density at radius 3 is 2.58 bits per heavy atom. The van der Waals surface area contributed by atoms with Gasteiger partial charge in [0.1, 0.15) is 0 Å². The summed E-state index contributed by atoms with van der Waals surface area (Å²) in [6, 6.07) is 19.5. The average Bonchev–Trinajstić information content (AvgIpc) is 2.84. The van der Waals surface area contributed by atoms with Crippen molar-refractivity contribution in [2.45, 2.75) is 36.7 Å². The Kier molecular flexibility index (Phi) is 8.84. The monoisotopic (exact) mass is 466 g/mol. The van der Waals surface area contributed by atoms with Gasteiger partial charge < -0.3 is 10.2 Å². The van der Waals surface area contributed by atoms with Gasteiger partial charge in [0, 0.05) is 62.3 Å². The summed E-state index contributed by atoms with van der Waals surface area (Å²) in [6.45, 7) is 7.78. The third-order valence-electron chi connectivity index (χ3n) is 7.13. The number of piperazine rings is 1. The first-order valence-corrected chi connectivity index (χ1v) is 13.5. The zero-order chi connectivity index (χ0) is 23.0. The maximum Gasteiger partial charge on any atom is 0.224 e. The van der Waals surface area contributed by atoms with Gasteiger partial charge in [-0.15, -0.1) is 11.8 Å². The summed E-state index contributed by atoms with van der Waals surface area (Å²) in [5, 5.41) is 3.12. The number of carbonyl (C=O) groups is 1. The minimum atomic E-state index is 0.130. The van der Waals surface area contributed by atoms with E-state index in [1.165, 1.54) is 16.9 Å². The highest BCUT2D eigenvalue weighted by Gasteiger charge is 2.34. The number of rotatable bonds is 8. The zero-order valence-electron chi connectivity index (χ0n) is 20.1. The van der Waals surface area contributed by atoms with Crippen LogP contribution in [-0.4, -0.2) is 79.2 Å². The molecule has 2 aromatic carbocycles. The summed E-state index contributed by atoms with van der Waals surface area (Å²) < 4.78 is 0. The molecule has 2 fully saturated rings. The second kappa shape index (κ2) is 12.0. The zero-order valence-corrected chi connectivity index (χ0v) is 20.9. The van der Waals surface area contributed by atoms with E-state index in [1.54, 1.807) is 11.8 Å². The summed E-state index contributed by atoms with van der Waals surface area (Å²) in [6.07, 6.45) is 4.77. The van der Waals surface area contributed by atoms with Gasteiger partial charge in [0.15, 0.2) is 0 Å². The predicted molar refractivity (Wildman–Crippen MR) is 139 cm³/mol. The largest absolute Gasteiger partial charge is 0.326 e. The summed E-state index contributed by atoms with van der Waals surface area (Å²) in [5.74, 6) is 0.653. The molecule has 0 unspecified atom stereocenters. The van der Waals surface area contributed by atoms with Crippen LogP contribution in [0.25, 0.3) is 0 Å². The van der Waals surface area contributed by atoms with E-state index in [9.17, 15) is 4.79 Å². The van der Waals surface area contributed by atoms with Crippen LogP contribution in [0.1, 0.15) is 24.8 Å². The van der Waals surface area contributed by atoms with Crippen molar-refractivity contribution in [3.63, 3.8) is 0 Å². The van der Waals surface area contributed by atoms with Gasteiger partial charge in [-0.05, 0) is 62.4 Å². The number of benzene rings is 2.